The van der Waals surface area contributed by atoms with E-state index in [0.717, 1.165) is 43.9 Å². The van der Waals surface area contributed by atoms with Crippen molar-refractivity contribution in [1.29, 1.82) is 0 Å². The Balaban J connectivity index is 1.58. The van der Waals surface area contributed by atoms with Gasteiger partial charge in [0.1, 0.15) is 11.6 Å². The van der Waals surface area contributed by atoms with Crippen molar-refractivity contribution in [2.45, 2.75) is 19.2 Å². The molecule has 1 aromatic carbocycles. The number of hydrogen-bond acceptors (Lipinski definition) is 7. The molecule has 3 N–H and O–H groups in total. The van der Waals surface area contributed by atoms with Gasteiger partial charge in [-0.25, -0.2) is 15.0 Å². The number of alkyl halides is 3. The van der Waals surface area contributed by atoms with E-state index < -0.39 is 12.3 Å². The molecule has 0 aliphatic carbocycles. The van der Waals surface area contributed by atoms with Crippen molar-refractivity contribution in [3.8, 4) is 16.9 Å². The standard InChI is InChI=1S/C21H19F3N6O2/c22-21(23,24)32-16-5-3-15(4-6-16)29-19(31)13-9-17(14-11-27-20(25)28-12-14)18(26-10-13)30-7-1-2-8-30/h3-6,9-12H,1-2,7-8H2,(H,29,31)(H2,25,27,28). The first-order valence-corrected chi connectivity index (χ1v) is 9.78. The van der Waals surface area contributed by atoms with Gasteiger partial charge in [-0.2, -0.15) is 0 Å². The summed E-state index contributed by atoms with van der Waals surface area (Å²) in [6.07, 6.45) is 1.92. The van der Waals surface area contributed by atoms with E-state index in [4.69, 9.17) is 5.73 Å². The molecule has 1 saturated heterocycles. The normalized spacial score (nSPS) is 13.8. The first-order chi connectivity index (χ1) is 15.3. The molecule has 2 aromatic heterocycles. The quantitative estimate of drug-likeness (QED) is 0.615. The highest BCUT2D eigenvalue weighted by atomic mass is 19.4. The van der Waals surface area contributed by atoms with Gasteiger partial charge in [-0.15, -0.1) is 13.2 Å². The monoisotopic (exact) mass is 444 g/mol. The van der Waals surface area contributed by atoms with Gasteiger partial charge >= 0.3 is 6.36 Å². The number of nitrogens with one attached hydrogen (secondary N) is 1. The molecule has 166 valence electrons. The summed E-state index contributed by atoms with van der Waals surface area (Å²) in [7, 11) is 0. The summed E-state index contributed by atoms with van der Waals surface area (Å²) in [6.45, 7) is 1.71. The second kappa shape index (κ2) is 8.69. The number of anilines is 3. The number of pyridine rings is 1. The summed E-state index contributed by atoms with van der Waals surface area (Å²) >= 11 is 0. The van der Waals surface area contributed by atoms with Crippen LogP contribution in [0.1, 0.15) is 23.2 Å². The number of nitrogen functional groups attached to an aromatic ring is 1. The molecule has 0 bridgehead atoms. The van der Waals surface area contributed by atoms with E-state index in [0.29, 0.717) is 16.8 Å². The van der Waals surface area contributed by atoms with Crippen molar-refractivity contribution in [2.75, 3.05) is 29.0 Å². The number of ether oxygens (including phenoxy) is 1. The topological polar surface area (TPSA) is 106 Å². The molecule has 0 atom stereocenters. The molecular formula is C21H19F3N6O2. The van der Waals surface area contributed by atoms with Crippen LogP contribution >= 0.6 is 0 Å². The number of halogens is 3. The first-order valence-electron chi connectivity index (χ1n) is 9.78. The zero-order valence-corrected chi connectivity index (χ0v) is 16.8. The fourth-order valence-electron chi connectivity index (χ4n) is 3.40. The molecule has 1 fully saturated rings. The van der Waals surface area contributed by atoms with Crippen LogP contribution in [0.4, 0.5) is 30.6 Å². The Morgan fingerprint density at radius 2 is 1.69 bits per heavy atom. The summed E-state index contributed by atoms with van der Waals surface area (Å²) in [6, 6.07) is 6.56. The number of carbonyl (C=O) groups is 1. The van der Waals surface area contributed by atoms with Crippen molar-refractivity contribution >= 4 is 23.4 Å². The Labute approximate surface area is 181 Å². The number of nitrogens with zero attached hydrogens (tertiary/aromatic N) is 4. The Morgan fingerprint density at radius 1 is 1.03 bits per heavy atom. The SMILES string of the molecule is Nc1ncc(-c2cc(C(=O)Nc3ccc(OC(F)(F)F)cc3)cnc2N2CCCC2)cn1. The molecule has 1 amide bonds. The highest BCUT2D eigenvalue weighted by molar-refractivity contribution is 6.05. The van der Waals surface area contributed by atoms with Crippen molar-refractivity contribution in [1.82, 2.24) is 15.0 Å². The Bertz CT molecular complexity index is 1100. The van der Waals surface area contributed by atoms with Gasteiger partial charge in [0.25, 0.3) is 5.91 Å². The lowest BCUT2D eigenvalue weighted by atomic mass is 10.1. The third-order valence-corrected chi connectivity index (χ3v) is 4.86. The van der Waals surface area contributed by atoms with E-state index in [1.54, 1.807) is 18.5 Å². The minimum absolute atomic E-state index is 0.135. The molecule has 0 spiro atoms. The smallest absolute Gasteiger partial charge is 0.406 e. The second-order valence-corrected chi connectivity index (χ2v) is 7.15. The van der Waals surface area contributed by atoms with Gasteiger partial charge in [-0.1, -0.05) is 0 Å². The van der Waals surface area contributed by atoms with Crippen LogP contribution in [0.2, 0.25) is 0 Å². The van der Waals surface area contributed by atoms with E-state index in [-0.39, 0.29) is 17.3 Å². The molecule has 1 aliphatic rings. The number of carbonyl (C=O) groups excluding carboxylic acids is 1. The van der Waals surface area contributed by atoms with E-state index in [1.165, 1.54) is 18.3 Å². The minimum Gasteiger partial charge on any atom is -0.406 e. The first kappa shape index (κ1) is 21.3. The molecule has 3 heterocycles. The average molecular weight is 444 g/mol. The van der Waals surface area contributed by atoms with Crippen molar-refractivity contribution in [2.24, 2.45) is 0 Å². The van der Waals surface area contributed by atoms with E-state index >= 15 is 0 Å². The summed E-state index contributed by atoms with van der Waals surface area (Å²) in [5, 5.41) is 2.64. The lowest BCUT2D eigenvalue weighted by Gasteiger charge is -2.20. The Kier molecular flexibility index (Phi) is 5.80. The van der Waals surface area contributed by atoms with Crippen LogP contribution in [0.25, 0.3) is 11.1 Å². The van der Waals surface area contributed by atoms with E-state index in [2.05, 4.69) is 29.9 Å². The zero-order chi connectivity index (χ0) is 22.7. The molecule has 4 rings (SSSR count). The fraction of sp³-hybridized carbons (Fsp3) is 0.238. The maximum Gasteiger partial charge on any atom is 0.573 e. The van der Waals surface area contributed by atoms with Crippen LogP contribution in [0.5, 0.6) is 5.75 Å². The summed E-state index contributed by atoms with van der Waals surface area (Å²) in [4.78, 5) is 27.5. The largest absolute Gasteiger partial charge is 0.573 e. The number of rotatable bonds is 5. The predicted molar refractivity (Wildman–Crippen MR) is 112 cm³/mol. The van der Waals surface area contributed by atoms with Gasteiger partial charge < -0.3 is 20.7 Å². The Morgan fingerprint density at radius 3 is 2.31 bits per heavy atom. The second-order valence-electron chi connectivity index (χ2n) is 7.15. The van der Waals surface area contributed by atoms with Gasteiger partial charge in [0.05, 0.1) is 5.56 Å². The molecule has 3 aromatic rings. The predicted octanol–water partition coefficient (Wildman–Crippen LogP) is 3.87. The molecule has 0 unspecified atom stereocenters. The molecule has 11 heteroatoms. The summed E-state index contributed by atoms with van der Waals surface area (Å²) < 4.78 is 40.7. The van der Waals surface area contributed by atoms with Crippen LogP contribution in [0.3, 0.4) is 0 Å². The van der Waals surface area contributed by atoms with Crippen LogP contribution in [0.15, 0.2) is 48.9 Å². The number of benzene rings is 1. The molecular weight excluding hydrogens is 425 g/mol. The highest BCUT2D eigenvalue weighted by Gasteiger charge is 2.31. The van der Waals surface area contributed by atoms with Crippen molar-refractivity contribution in [3.63, 3.8) is 0 Å². The molecule has 0 saturated carbocycles. The lowest BCUT2D eigenvalue weighted by molar-refractivity contribution is -0.274. The number of nitrogens with two attached hydrogens (primary N) is 1. The minimum atomic E-state index is -4.78. The van der Waals surface area contributed by atoms with Crippen molar-refractivity contribution < 1.29 is 22.7 Å². The molecule has 1 aliphatic heterocycles. The van der Waals surface area contributed by atoms with Crippen molar-refractivity contribution in [3.05, 3.63) is 54.5 Å². The van der Waals surface area contributed by atoms with Gasteiger partial charge in [-0.05, 0) is 43.2 Å². The lowest BCUT2D eigenvalue weighted by Crippen LogP contribution is -2.21. The average Bonchev–Trinajstić information content (AvgIpc) is 3.29. The zero-order valence-electron chi connectivity index (χ0n) is 16.8. The van der Waals surface area contributed by atoms with E-state index in [9.17, 15) is 18.0 Å². The van der Waals surface area contributed by atoms with E-state index in [1.807, 2.05) is 0 Å². The van der Waals surface area contributed by atoms with Crippen LogP contribution in [-0.4, -0.2) is 40.3 Å². The van der Waals surface area contributed by atoms with Crippen LogP contribution in [-0.2, 0) is 0 Å². The summed E-state index contributed by atoms with van der Waals surface area (Å²) in [5.41, 5.74) is 7.53. The van der Waals surface area contributed by atoms with Crippen LogP contribution < -0.4 is 20.7 Å². The highest BCUT2D eigenvalue weighted by Crippen LogP contribution is 2.32. The number of aromatic nitrogens is 3. The number of hydrogen-bond donors (Lipinski definition) is 2. The van der Waals surface area contributed by atoms with Crippen LogP contribution in [0, 0.1) is 0 Å². The molecule has 8 nitrogen and oxygen atoms in total. The third-order valence-electron chi connectivity index (χ3n) is 4.86. The van der Waals surface area contributed by atoms with Gasteiger partial charge in [0.2, 0.25) is 5.95 Å². The third kappa shape index (κ3) is 5.05. The molecule has 0 radical (unpaired) electrons. The maximum atomic E-state index is 12.8. The summed E-state index contributed by atoms with van der Waals surface area (Å²) in [5.74, 6) is 0.0164. The van der Waals surface area contributed by atoms with Gasteiger partial charge in [0.15, 0.2) is 0 Å². The van der Waals surface area contributed by atoms with Gasteiger partial charge in [-0.3, -0.25) is 4.79 Å². The number of amides is 1. The maximum absolute atomic E-state index is 12.8. The van der Waals surface area contributed by atoms with Gasteiger partial charge in [0, 0.05) is 48.5 Å². The Hall–Kier alpha value is -3.89. The molecule has 32 heavy (non-hydrogen) atoms. The fourth-order valence-corrected chi connectivity index (χ4v) is 3.40.